The van der Waals surface area contributed by atoms with Crippen LogP contribution >= 0.6 is 0 Å². The number of alkyl halides is 3. The highest BCUT2D eigenvalue weighted by molar-refractivity contribution is 6.13. The fourth-order valence-electron chi connectivity index (χ4n) is 3.46. The van der Waals surface area contributed by atoms with Crippen molar-refractivity contribution in [1.29, 1.82) is 0 Å². The number of nitrogens with zero attached hydrogens (tertiary/aromatic N) is 2. The lowest BCUT2D eigenvalue weighted by Gasteiger charge is -2.27. The first kappa shape index (κ1) is 27.3. The van der Waals surface area contributed by atoms with Crippen LogP contribution in [0.15, 0.2) is 66.1 Å². The van der Waals surface area contributed by atoms with Crippen LogP contribution in [0.25, 0.3) is 0 Å². The summed E-state index contributed by atoms with van der Waals surface area (Å²) in [5.41, 5.74) is 3.23. The van der Waals surface area contributed by atoms with Crippen LogP contribution in [-0.4, -0.2) is 41.8 Å². The van der Waals surface area contributed by atoms with Crippen molar-refractivity contribution in [3.63, 3.8) is 0 Å². The number of carbonyl (C=O) groups is 2. The van der Waals surface area contributed by atoms with E-state index in [1.54, 1.807) is 0 Å². The number of hydrogen-bond donors (Lipinski definition) is 4. The van der Waals surface area contributed by atoms with E-state index in [0.29, 0.717) is 11.8 Å². The van der Waals surface area contributed by atoms with Gasteiger partial charge in [-0.1, -0.05) is 6.58 Å². The summed E-state index contributed by atoms with van der Waals surface area (Å²) in [6.07, 6.45) is 0.253. The molecule has 2 aromatic rings. The molecule has 5 N–H and O–H groups in total. The van der Waals surface area contributed by atoms with Crippen LogP contribution < -0.4 is 21.7 Å². The number of nitrogens with one attached hydrogen (secondary N) is 3. The number of nitrogens with two attached hydrogens (primary N) is 1. The number of benzene rings is 1. The Kier molecular flexibility index (Phi) is 8.60. The van der Waals surface area contributed by atoms with E-state index in [-0.39, 0.29) is 37.4 Å². The molecule has 1 fully saturated rings. The Bertz CT molecular complexity index is 1210. The van der Waals surface area contributed by atoms with Crippen LogP contribution in [0.1, 0.15) is 17.7 Å². The number of ether oxygens (including phenoxy) is 1. The van der Waals surface area contributed by atoms with Crippen molar-refractivity contribution in [2.45, 2.75) is 24.7 Å². The molecule has 13 heteroatoms. The first-order valence-electron chi connectivity index (χ1n) is 10.9. The van der Waals surface area contributed by atoms with Crippen molar-refractivity contribution < 1.29 is 31.9 Å². The highest BCUT2D eigenvalue weighted by Gasteiger charge is 2.44. The second-order valence-corrected chi connectivity index (χ2v) is 7.96. The van der Waals surface area contributed by atoms with Crippen molar-refractivity contribution in [1.82, 2.24) is 15.6 Å². The molecular weight excluding hydrogens is 496 g/mol. The van der Waals surface area contributed by atoms with E-state index in [9.17, 15) is 27.2 Å². The Balaban J connectivity index is 1.66. The van der Waals surface area contributed by atoms with Gasteiger partial charge in [0, 0.05) is 31.6 Å². The summed E-state index contributed by atoms with van der Waals surface area (Å²) in [5, 5.41) is 7.83. The molecule has 9 nitrogen and oxygen atoms in total. The predicted octanol–water partition coefficient (Wildman–Crippen LogP) is 2.93. The zero-order chi connectivity index (χ0) is 27.1. The van der Waals surface area contributed by atoms with Gasteiger partial charge in [0.2, 0.25) is 5.91 Å². The van der Waals surface area contributed by atoms with Gasteiger partial charge in [0.1, 0.15) is 11.4 Å². The topological polar surface area (TPSA) is 131 Å². The quantitative estimate of drug-likeness (QED) is 0.229. The molecule has 0 unspecified atom stereocenters. The fraction of sp³-hybridized carbons (Fsp3) is 0.250. The molecule has 1 aliphatic rings. The number of pyridine rings is 1. The fourth-order valence-corrected chi connectivity index (χ4v) is 3.46. The van der Waals surface area contributed by atoms with Crippen molar-refractivity contribution >= 4 is 29.4 Å². The van der Waals surface area contributed by atoms with Gasteiger partial charge in [-0.3, -0.25) is 19.6 Å². The molecule has 1 atom stereocenters. The lowest BCUT2D eigenvalue weighted by atomic mass is 9.96. The summed E-state index contributed by atoms with van der Waals surface area (Å²) in [4.78, 5) is 33.4. The van der Waals surface area contributed by atoms with Crippen LogP contribution in [0.2, 0.25) is 0 Å². The number of halogens is 4. The molecule has 2 amide bonds. The van der Waals surface area contributed by atoms with E-state index in [0.717, 1.165) is 18.3 Å². The highest BCUT2D eigenvalue weighted by Crippen LogP contribution is 2.36. The number of aromatic nitrogens is 1. The molecule has 3 rings (SSSR count). The molecule has 0 spiro atoms. The van der Waals surface area contributed by atoms with Crippen molar-refractivity contribution in [3.8, 4) is 0 Å². The molecule has 1 aromatic heterocycles. The minimum absolute atomic E-state index is 0.0238. The maximum atomic E-state index is 13.5. The molecule has 0 aliphatic carbocycles. The van der Waals surface area contributed by atoms with Gasteiger partial charge in [-0.15, -0.1) is 0 Å². The number of hydrogen-bond acceptors (Lipinski definition) is 7. The maximum Gasteiger partial charge on any atom is 0.418 e. The van der Waals surface area contributed by atoms with Crippen LogP contribution in [0.5, 0.6) is 0 Å². The molecule has 0 saturated carbocycles. The summed E-state index contributed by atoms with van der Waals surface area (Å²) in [5.74, 6) is -1.98. The number of aliphatic imine (C=N–C) groups is 1. The first-order valence-corrected chi connectivity index (χ1v) is 10.9. The molecule has 37 heavy (non-hydrogen) atoms. The summed E-state index contributed by atoms with van der Waals surface area (Å²) < 4.78 is 58.5. The van der Waals surface area contributed by atoms with Gasteiger partial charge in [-0.25, -0.2) is 4.39 Å². The Morgan fingerprint density at radius 1 is 1.27 bits per heavy atom. The van der Waals surface area contributed by atoms with Crippen LogP contribution in [0.4, 0.5) is 28.9 Å². The van der Waals surface area contributed by atoms with Gasteiger partial charge in [-0.05, 0) is 30.3 Å². The zero-order valence-corrected chi connectivity index (χ0v) is 19.4. The largest absolute Gasteiger partial charge is 0.418 e. The van der Waals surface area contributed by atoms with Gasteiger partial charge in [0.05, 0.1) is 47.6 Å². The third-order valence-electron chi connectivity index (χ3n) is 5.39. The van der Waals surface area contributed by atoms with E-state index < -0.39 is 40.6 Å². The second-order valence-electron chi connectivity index (χ2n) is 7.96. The Morgan fingerprint density at radius 3 is 2.65 bits per heavy atom. The second kappa shape index (κ2) is 11.6. The minimum Gasteiger partial charge on any atom is -0.404 e. The van der Waals surface area contributed by atoms with Gasteiger partial charge < -0.3 is 26.4 Å². The number of amides is 2. The molecule has 0 bridgehead atoms. The Hall–Kier alpha value is -4.26. The van der Waals surface area contributed by atoms with E-state index in [2.05, 4.69) is 32.5 Å². The van der Waals surface area contributed by atoms with Gasteiger partial charge in [-0.2, -0.15) is 13.2 Å². The first-order chi connectivity index (χ1) is 17.6. The normalized spacial score (nSPS) is 18.0. The lowest BCUT2D eigenvalue weighted by molar-refractivity contribution is -0.137. The average molecular weight is 520 g/mol. The van der Waals surface area contributed by atoms with Crippen LogP contribution in [0, 0.1) is 5.82 Å². The summed E-state index contributed by atoms with van der Waals surface area (Å²) in [7, 11) is 0. The molecule has 1 saturated heterocycles. The maximum absolute atomic E-state index is 13.5. The molecule has 1 aromatic carbocycles. The third-order valence-corrected chi connectivity index (χ3v) is 5.39. The molecule has 2 heterocycles. The van der Waals surface area contributed by atoms with Gasteiger partial charge in [0.15, 0.2) is 0 Å². The molecule has 0 radical (unpaired) electrons. The lowest BCUT2D eigenvalue weighted by Crippen LogP contribution is -2.59. The van der Waals surface area contributed by atoms with Gasteiger partial charge >= 0.3 is 6.18 Å². The number of carbonyl (C=O) groups excluding carboxylic acids is 2. The summed E-state index contributed by atoms with van der Waals surface area (Å²) in [6.45, 7) is 3.56. The van der Waals surface area contributed by atoms with E-state index >= 15 is 0 Å². The SMILES string of the molecule is C=C/N=C\C(=C/N)C(=O)N[C@@]1(C(=O)NCc2ccc(Nc3cc(F)ccc3C(F)(F)F)cn2)CCOC1. The van der Waals surface area contributed by atoms with E-state index in [4.69, 9.17) is 10.5 Å². The van der Waals surface area contributed by atoms with Crippen LogP contribution in [0.3, 0.4) is 0 Å². The van der Waals surface area contributed by atoms with Crippen molar-refractivity contribution in [2.24, 2.45) is 10.7 Å². The average Bonchev–Trinajstić information content (AvgIpc) is 3.33. The number of anilines is 2. The van der Waals surface area contributed by atoms with Crippen molar-refractivity contribution in [3.05, 3.63) is 78.2 Å². The standard InChI is InChI=1S/C24H24F4N6O3/c1-2-30-11-15(10-29)21(35)34-23(7-8-37-14-23)22(36)32-12-17-4-5-18(13-31-17)33-20-9-16(25)3-6-19(20)24(26,27)28/h2-6,9-11,13,33H,1,7-8,12,14,29H2,(H,32,36)(H,34,35)/b15-10+,30-11-/t23-/m0/s1. The Morgan fingerprint density at radius 2 is 2.05 bits per heavy atom. The van der Waals surface area contributed by atoms with E-state index in [1.807, 2.05) is 0 Å². The smallest absolute Gasteiger partial charge is 0.404 e. The number of rotatable bonds is 9. The van der Waals surface area contributed by atoms with Crippen LogP contribution in [-0.2, 0) is 27.0 Å². The van der Waals surface area contributed by atoms with Crippen molar-refractivity contribution in [2.75, 3.05) is 18.5 Å². The highest BCUT2D eigenvalue weighted by atomic mass is 19.4. The summed E-state index contributed by atoms with van der Waals surface area (Å²) >= 11 is 0. The predicted molar refractivity (Wildman–Crippen MR) is 128 cm³/mol. The zero-order valence-electron chi connectivity index (χ0n) is 19.4. The molecule has 1 aliphatic heterocycles. The summed E-state index contributed by atoms with van der Waals surface area (Å²) in [6, 6.07) is 5.03. The monoisotopic (exact) mass is 520 g/mol. The third kappa shape index (κ3) is 6.91. The van der Waals surface area contributed by atoms with Gasteiger partial charge in [0.25, 0.3) is 5.91 Å². The molecular formula is C24H24F4N6O3. The molecule has 196 valence electrons. The Labute approximate surface area is 209 Å². The van der Waals surface area contributed by atoms with E-state index in [1.165, 1.54) is 30.7 Å². The minimum atomic E-state index is -4.68.